The summed E-state index contributed by atoms with van der Waals surface area (Å²) in [5.41, 5.74) is 1.43. The van der Waals surface area contributed by atoms with E-state index in [4.69, 9.17) is 4.74 Å². The van der Waals surface area contributed by atoms with Crippen molar-refractivity contribution in [3.8, 4) is 5.75 Å². The summed E-state index contributed by atoms with van der Waals surface area (Å²) >= 11 is 1.69. The Morgan fingerprint density at radius 1 is 1.07 bits per heavy atom. The molecule has 1 aromatic carbocycles. The molecule has 0 amide bonds. The Balaban J connectivity index is 1.49. The highest BCUT2D eigenvalue weighted by Crippen LogP contribution is 2.39. The smallest absolute Gasteiger partial charge is 0.247 e. The lowest BCUT2D eigenvalue weighted by Crippen LogP contribution is -2.49. The minimum Gasteiger partial charge on any atom is -0.483 e. The van der Waals surface area contributed by atoms with Crippen molar-refractivity contribution >= 4 is 21.4 Å². The number of ether oxygens (including phenoxy) is 1. The van der Waals surface area contributed by atoms with Crippen LogP contribution < -0.4 is 4.74 Å². The number of sulfonamides is 1. The predicted octanol–water partition coefficient (Wildman–Crippen LogP) is 3.37. The summed E-state index contributed by atoms with van der Waals surface area (Å²) < 4.78 is 35.0. The van der Waals surface area contributed by atoms with Gasteiger partial charge in [-0.1, -0.05) is 18.2 Å². The van der Waals surface area contributed by atoms with Crippen molar-refractivity contribution in [1.29, 1.82) is 0 Å². The van der Waals surface area contributed by atoms with E-state index in [0.717, 1.165) is 25.2 Å². The first-order chi connectivity index (χ1) is 14.5. The topological polar surface area (TPSA) is 62.7 Å². The quantitative estimate of drug-likeness (QED) is 0.621. The fourth-order valence-corrected chi connectivity index (χ4v) is 6.55. The van der Waals surface area contributed by atoms with E-state index in [2.05, 4.69) is 26.7 Å². The Hall–Kier alpha value is -2.26. The highest BCUT2D eigenvalue weighted by Gasteiger charge is 2.47. The highest BCUT2D eigenvalue weighted by molar-refractivity contribution is 7.89. The maximum Gasteiger partial charge on any atom is 0.247 e. The van der Waals surface area contributed by atoms with Gasteiger partial charge in [0, 0.05) is 32.3 Å². The van der Waals surface area contributed by atoms with E-state index < -0.39 is 15.6 Å². The number of hydrogen-bond donors (Lipinski definition) is 0. The first kappa shape index (κ1) is 19.7. The Morgan fingerprint density at radius 3 is 2.73 bits per heavy atom. The standard InChI is InChI=1S/C22H23N3O3S2/c26-30(27)21-7-2-1-6-20(21)28-22(17-25(30)14-19-5-3-4-10-23-19)9-11-24(16-22)13-18-8-12-29-15-18/h1-8,10,12,15H,9,11,13-14,16-17H2/t22-/m1/s1. The molecule has 0 aliphatic carbocycles. The summed E-state index contributed by atoms with van der Waals surface area (Å²) in [5, 5.41) is 4.24. The van der Waals surface area contributed by atoms with Gasteiger partial charge in [0.15, 0.2) is 0 Å². The third-order valence-corrected chi connectivity index (χ3v) is 8.27. The molecule has 4 heterocycles. The van der Waals surface area contributed by atoms with Gasteiger partial charge in [-0.3, -0.25) is 9.88 Å². The van der Waals surface area contributed by atoms with Crippen molar-refractivity contribution in [1.82, 2.24) is 14.2 Å². The Kier molecular flexibility index (Phi) is 5.10. The zero-order valence-electron chi connectivity index (χ0n) is 16.5. The Morgan fingerprint density at radius 2 is 1.93 bits per heavy atom. The number of rotatable bonds is 4. The largest absolute Gasteiger partial charge is 0.483 e. The van der Waals surface area contributed by atoms with Gasteiger partial charge in [-0.15, -0.1) is 0 Å². The van der Waals surface area contributed by atoms with Gasteiger partial charge < -0.3 is 4.74 Å². The molecule has 5 rings (SSSR count). The fraction of sp³-hybridized carbons (Fsp3) is 0.318. The zero-order chi connectivity index (χ0) is 20.6. The SMILES string of the molecule is O=S1(=O)c2ccccc2O[C@@]2(CCN(Cc3ccsc3)C2)CN1Cc1ccccn1. The molecule has 1 atom stereocenters. The molecule has 0 bridgehead atoms. The average Bonchev–Trinajstić information content (AvgIpc) is 3.37. The predicted molar refractivity (Wildman–Crippen MR) is 116 cm³/mol. The Bertz CT molecular complexity index is 1120. The summed E-state index contributed by atoms with van der Waals surface area (Å²) in [7, 11) is -3.70. The van der Waals surface area contributed by atoms with E-state index >= 15 is 0 Å². The van der Waals surface area contributed by atoms with E-state index in [1.165, 1.54) is 9.87 Å². The van der Waals surface area contributed by atoms with Gasteiger partial charge in [0.05, 0.1) is 18.8 Å². The molecule has 8 heteroatoms. The summed E-state index contributed by atoms with van der Waals surface area (Å²) in [5.74, 6) is 0.443. The fourth-order valence-electron chi connectivity index (χ4n) is 4.29. The van der Waals surface area contributed by atoms with Crippen LogP contribution in [0.3, 0.4) is 0 Å². The zero-order valence-corrected chi connectivity index (χ0v) is 18.1. The second-order valence-electron chi connectivity index (χ2n) is 7.92. The molecule has 6 nitrogen and oxygen atoms in total. The number of pyridine rings is 1. The summed E-state index contributed by atoms with van der Waals surface area (Å²) in [4.78, 5) is 6.93. The van der Waals surface area contributed by atoms with Crippen LogP contribution in [-0.4, -0.2) is 47.8 Å². The van der Waals surface area contributed by atoms with Gasteiger partial charge in [0.1, 0.15) is 16.2 Å². The van der Waals surface area contributed by atoms with Crippen LogP contribution in [0, 0.1) is 0 Å². The third-order valence-electron chi connectivity index (χ3n) is 5.70. The first-order valence-corrected chi connectivity index (χ1v) is 12.3. The number of hydrogen-bond acceptors (Lipinski definition) is 6. The van der Waals surface area contributed by atoms with E-state index in [1.54, 1.807) is 35.7 Å². The second kappa shape index (κ2) is 7.77. The van der Waals surface area contributed by atoms with E-state index in [1.807, 2.05) is 24.3 Å². The summed E-state index contributed by atoms with van der Waals surface area (Å²) in [6, 6.07) is 14.7. The van der Waals surface area contributed by atoms with Crippen LogP contribution >= 0.6 is 11.3 Å². The van der Waals surface area contributed by atoms with Crippen LogP contribution in [0.15, 0.2) is 70.4 Å². The third kappa shape index (κ3) is 3.76. The maximum absolute atomic E-state index is 13.5. The van der Waals surface area contributed by atoms with Gasteiger partial charge in [0.25, 0.3) is 0 Å². The van der Waals surface area contributed by atoms with Gasteiger partial charge in [-0.2, -0.15) is 15.6 Å². The van der Waals surface area contributed by atoms with E-state index in [9.17, 15) is 8.42 Å². The summed E-state index contributed by atoms with van der Waals surface area (Å²) in [6.45, 7) is 2.94. The molecule has 0 saturated carbocycles. The van der Waals surface area contributed by atoms with Gasteiger partial charge in [0.2, 0.25) is 10.0 Å². The molecule has 1 fully saturated rings. The van der Waals surface area contributed by atoms with Gasteiger partial charge in [-0.25, -0.2) is 8.42 Å². The molecule has 1 spiro atoms. The molecule has 156 valence electrons. The lowest BCUT2D eigenvalue weighted by molar-refractivity contribution is 0.0569. The normalized spacial score (nSPS) is 23.7. The molecular formula is C22H23N3O3S2. The lowest BCUT2D eigenvalue weighted by atomic mass is 10.0. The molecule has 2 aliphatic rings. The highest BCUT2D eigenvalue weighted by atomic mass is 32.2. The van der Waals surface area contributed by atoms with Crippen LogP contribution in [0.2, 0.25) is 0 Å². The molecular weight excluding hydrogens is 418 g/mol. The number of likely N-dealkylation sites (tertiary alicyclic amines) is 1. The number of thiophene rings is 1. The number of benzene rings is 1. The molecule has 1 saturated heterocycles. The van der Waals surface area contributed by atoms with Crippen molar-refractivity contribution in [2.45, 2.75) is 30.0 Å². The van der Waals surface area contributed by atoms with Crippen LogP contribution in [0.4, 0.5) is 0 Å². The first-order valence-electron chi connectivity index (χ1n) is 9.96. The van der Waals surface area contributed by atoms with Crippen molar-refractivity contribution in [3.05, 3.63) is 76.7 Å². The number of fused-ring (bicyclic) bond motifs is 1. The molecule has 0 N–H and O–H groups in total. The number of aromatic nitrogens is 1. The number of nitrogens with zero attached hydrogens (tertiary/aromatic N) is 3. The van der Waals surface area contributed by atoms with Crippen molar-refractivity contribution in [3.63, 3.8) is 0 Å². The molecule has 2 aromatic heterocycles. The molecule has 0 radical (unpaired) electrons. The number of para-hydroxylation sites is 1. The second-order valence-corrected chi connectivity index (χ2v) is 10.6. The minimum atomic E-state index is -3.70. The maximum atomic E-state index is 13.5. The molecule has 30 heavy (non-hydrogen) atoms. The van der Waals surface area contributed by atoms with Crippen molar-refractivity contribution < 1.29 is 13.2 Å². The van der Waals surface area contributed by atoms with Crippen LogP contribution in [0.25, 0.3) is 0 Å². The van der Waals surface area contributed by atoms with E-state index in [0.29, 0.717) is 18.8 Å². The Labute approximate surface area is 180 Å². The molecule has 2 aliphatic heterocycles. The average molecular weight is 442 g/mol. The van der Waals surface area contributed by atoms with Crippen LogP contribution in [-0.2, 0) is 23.1 Å². The van der Waals surface area contributed by atoms with Crippen LogP contribution in [0.5, 0.6) is 5.75 Å². The van der Waals surface area contributed by atoms with Crippen molar-refractivity contribution in [2.75, 3.05) is 19.6 Å². The summed E-state index contributed by atoms with van der Waals surface area (Å²) in [6.07, 6.45) is 2.47. The van der Waals surface area contributed by atoms with E-state index in [-0.39, 0.29) is 11.4 Å². The van der Waals surface area contributed by atoms with Crippen molar-refractivity contribution in [2.24, 2.45) is 0 Å². The molecule has 0 unspecified atom stereocenters. The van der Waals surface area contributed by atoms with Gasteiger partial charge in [-0.05, 0) is 46.7 Å². The van der Waals surface area contributed by atoms with Gasteiger partial charge >= 0.3 is 0 Å². The van der Waals surface area contributed by atoms with Crippen LogP contribution in [0.1, 0.15) is 17.7 Å². The minimum absolute atomic E-state index is 0.229. The monoisotopic (exact) mass is 441 g/mol. The lowest BCUT2D eigenvalue weighted by Gasteiger charge is -2.32. The molecule has 3 aromatic rings.